The third kappa shape index (κ3) is 3.16. The van der Waals surface area contributed by atoms with E-state index in [1.165, 1.54) is 19.3 Å². The topological polar surface area (TPSA) is 0 Å². The first-order valence-electron chi connectivity index (χ1n) is 5.16. The van der Waals surface area contributed by atoms with Crippen LogP contribution in [0.1, 0.15) is 40.0 Å². The Morgan fingerprint density at radius 2 is 1.85 bits per heavy atom. The summed E-state index contributed by atoms with van der Waals surface area (Å²) in [4.78, 5) is 0. The van der Waals surface area contributed by atoms with Crippen molar-refractivity contribution < 1.29 is 0 Å². The summed E-state index contributed by atoms with van der Waals surface area (Å²) < 4.78 is 0. The fourth-order valence-electron chi connectivity index (χ4n) is 1.92. The molecule has 0 spiro atoms. The lowest BCUT2D eigenvalue weighted by molar-refractivity contribution is 0.252. The summed E-state index contributed by atoms with van der Waals surface area (Å²) in [5.41, 5.74) is 0. The van der Waals surface area contributed by atoms with Crippen LogP contribution in [0.2, 0.25) is 0 Å². The fourth-order valence-corrected chi connectivity index (χ4v) is 1.92. The molecule has 1 aliphatic carbocycles. The first kappa shape index (κ1) is 10.2. The predicted molar refractivity (Wildman–Crippen MR) is 56.9 cm³/mol. The number of hydrogen-bond donors (Lipinski definition) is 0. The van der Waals surface area contributed by atoms with Crippen LogP contribution in [0.15, 0.2) is 0 Å². The molecule has 0 amide bonds. The lowest BCUT2D eigenvalue weighted by Crippen LogP contribution is -2.20. The largest absolute Gasteiger partial charge is 0.0925 e. The van der Waals surface area contributed by atoms with Gasteiger partial charge in [0.2, 0.25) is 0 Å². The molecule has 0 aromatic rings. The van der Waals surface area contributed by atoms with Gasteiger partial charge in [-0.2, -0.15) is 0 Å². The molecule has 13 heavy (non-hydrogen) atoms. The summed E-state index contributed by atoms with van der Waals surface area (Å²) in [6.45, 7) is 6.47. The summed E-state index contributed by atoms with van der Waals surface area (Å²) in [5, 5.41) is 0. The zero-order chi connectivity index (χ0) is 9.68. The first-order chi connectivity index (χ1) is 6.24. The summed E-state index contributed by atoms with van der Waals surface area (Å²) >= 11 is 0. The highest BCUT2D eigenvalue weighted by molar-refractivity contribution is 5.26. The third-order valence-electron chi connectivity index (χ3n) is 2.90. The van der Waals surface area contributed by atoms with Crippen molar-refractivity contribution in [2.24, 2.45) is 17.8 Å². The van der Waals surface area contributed by atoms with Gasteiger partial charge in [0.1, 0.15) is 0 Å². The van der Waals surface area contributed by atoms with E-state index in [0.29, 0.717) is 5.92 Å². The first-order valence-corrected chi connectivity index (χ1v) is 5.16. The molecule has 3 unspecified atom stereocenters. The minimum atomic E-state index is 0.588. The SMILES string of the molecule is CC#CC#CC1CC(C)CCC1C. The van der Waals surface area contributed by atoms with Crippen molar-refractivity contribution in [2.45, 2.75) is 40.0 Å². The second-order valence-corrected chi connectivity index (χ2v) is 4.15. The Hall–Kier alpha value is -0.880. The Kier molecular flexibility index (Phi) is 3.91. The second kappa shape index (κ2) is 4.98. The molecule has 0 radical (unpaired) electrons. The van der Waals surface area contributed by atoms with Gasteiger partial charge in [-0.05, 0) is 43.4 Å². The molecule has 0 N–H and O–H groups in total. The van der Waals surface area contributed by atoms with E-state index in [4.69, 9.17) is 0 Å². The lowest BCUT2D eigenvalue weighted by Gasteiger charge is -2.28. The Morgan fingerprint density at radius 3 is 2.54 bits per heavy atom. The minimum absolute atomic E-state index is 0.588. The van der Waals surface area contributed by atoms with Crippen molar-refractivity contribution in [3.05, 3.63) is 0 Å². The number of rotatable bonds is 0. The zero-order valence-corrected chi connectivity index (χ0v) is 8.85. The smallest absolute Gasteiger partial charge is 0.0241 e. The van der Waals surface area contributed by atoms with E-state index >= 15 is 0 Å². The molecule has 0 heterocycles. The van der Waals surface area contributed by atoms with Crippen LogP contribution < -0.4 is 0 Å². The predicted octanol–water partition coefficient (Wildman–Crippen LogP) is 3.09. The molecule has 0 heteroatoms. The molecule has 0 aromatic heterocycles. The molecule has 1 saturated carbocycles. The summed E-state index contributed by atoms with van der Waals surface area (Å²) in [5.74, 6) is 14.1. The van der Waals surface area contributed by atoms with Crippen molar-refractivity contribution >= 4 is 0 Å². The Bertz CT molecular complexity index is 266. The number of hydrogen-bond acceptors (Lipinski definition) is 0. The van der Waals surface area contributed by atoms with Gasteiger partial charge in [-0.25, -0.2) is 0 Å². The molecular formula is C13H18. The van der Waals surface area contributed by atoms with Crippen LogP contribution >= 0.6 is 0 Å². The van der Waals surface area contributed by atoms with Gasteiger partial charge in [0, 0.05) is 5.92 Å². The van der Waals surface area contributed by atoms with Crippen molar-refractivity contribution in [1.82, 2.24) is 0 Å². The van der Waals surface area contributed by atoms with Gasteiger partial charge < -0.3 is 0 Å². The van der Waals surface area contributed by atoms with Gasteiger partial charge in [0.15, 0.2) is 0 Å². The van der Waals surface area contributed by atoms with E-state index in [1.54, 1.807) is 0 Å². The van der Waals surface area contributed by atoms with Crippen LogP contribution in [-0.2, 0) is 0 Å². The third-order valence-corrected chi connectivity index (χ3v) is 2.90. The maximum atomic E-state index is 3.28. The van der Waals surface area contributed by atoms with Crippen molar-refractivity contribution in [1.29, 1.82) is 0 Å². The summed E-state index contributed by atoms with van der Waals surface area (Å²) in [6, 6.07) is 0. The normalized spacial score (nSPS) is 32.4. The molecule has 3 atom stereocenters. The molecule has 1 fully saturated rings. The van der Waals surface area contributed by atoms with E-state index in [2.05, 4.69) is 37.5 Å². The second-order valence-electron chi connectivity index (χ2n) is 4.15. The van der Waals surface area contributed by atoms with Gasteiger partial charge >= 0.3 is 0 Å². The Balaban J connectivity index is 2.55. The highest BCUT2D eigenvalue weighted by Gasteiger charge is 2.23. The Morgan fingerprint density at radius 1 is 1.08 bits per heavy atom. The monoisotopic (exact) mass is 174 g/mol. The van der Waals surface area contributed by atoms with Gasteiger partial charge in [0.25, 0.3) is 0 Å². The average Bonchev–Trinajstić information content (AvgIpc) is 2.11. The van der Waals surface area contributed by atoms with Crippen LogP contribution in [0.3, 0.4) is 0 Å². The van der Waals surface area contributed by atoms with E-state index in [-0.39, 0.29) is 0 Å². The average molecular weight is 174 g/mol. The van der Waals surface area contributed by atoms with Crippen molar-refractivity contribution in [2.75, 3.05) is 0 Å². The molecular weight excluding hydrogens is 156 g/mol. The fraction of sp³-hybridized carbons (Fsp3) is 0.692. The maximum absolute atomic E-state index is 3.28. The van der Waals surface area contributed by atoms with E-state index in [0.717, 1.165) is 11.8 Å². The van der Waals surface area contributed by atoms with Crippen LogP contribution in [-0.4, -0.2) is 0 Å². The molecule has 70 valence electrons. The van der Waals surface area contributed by atoms with Crippen molar-refractivity contribution in [3.8, 4) is 23.7 Å². The van der Waals surface area contributed by atoms with Crippen LogP contribution in [0.4, 0.5) is 0 Å². The molecule has 1 aliphatic rings. The summed E-state index contributed by atoms with van der Waals surface area (Å²) in [7, 11) is 0. The van der Waals surface area contributed by atoms with E-state index in [1.807, 2.05) is 6.92 Å². The van der Waals surface area contributed by atoms with Gasteiger partial charge in [0.05, 0.1) is 0 Å². The van der Waals surface area contributed by atoms with E-state index in [9.17, 15) is 0 Å². The molecule has 0 bridgehead atoms. The minimum Gasteiger partial charge on any atom is -0.0925 e. The maximum Gasteiger partial charge on any atom is 0.0241 e. The van der Waals surface area contributed by atoms with E-state index < -0.39 is 0 Å². The van der Waals surface area contributed by atoms with Gasteiger partial charge in [-0.15, -0.1) is 0 Å². The van der Waals surface area contributed by atoms with Crippen LogP contribution in [0, 0.1) is 41.4 Å². The standard InChI is InChI=1S/C13H18/c1-4-5-6-7-13-10-11(2)8-9-12(13)3/h11-13H,8-10H2,1-3H3. The van der Waals surface area contributed by atoms with Crippen molar-refractivity contribution in [3.63, 3.8) is 0 Å². The summed E-state index contributed by atoms with van der Waals surface area (Å²) in [6.07, 6.45) is 3.97. The lowest BCUT2D eigenvalue weighted by atomic mass is 9.76. The highest BCUT2D eigenvalue weighted by atomic mass is 14.3. The molecule has 0 aromatic carbocycles. The molecule has 0 saturated heterocycles. The zero-order valence-electron chi connectivity index (χ0n) is 8.85. The highest BCUT2D eigenvalue weighted by Crippen LogP contribution is 2.32. The molecule has 0 nitrogen and oxygen atoms in total. The van der Waals surface area contributed by atoms with Crippen LogP contribution in [0.5, 0.6) is 0 Å². The Labute approximate surface area is 82.1 Å². The molecule has 0 aliphatic heterocycles. The van der Waals surface area contributed by atoms with Crippen LogP contribution in [0.25, 0.3) is 0 Å². The van der Waals surface area contributed by atoms with Gasteiger partial charge in [-0.3, -0.25) is 0 Å². The van der Waals surface area contributed by atoms with Gasteiger partial charge in [-0.1, -0.05) is 32.1 Å². The quantitative estimate of drug-likeness (QED) is 0.495. The molecule has 1 rings (SSSR count).